The lowest BCUT2D eigenvalue weighted by atomic mass is 9.72. The summed E-state index contributed by atoms with van der Waals surface area (Å²) < 4.78 is 11.2. The summed E-state index contributed by atoms with van der Waals surface area (Å²) >= 11 is 8.61. The Morgan fingerprint density at radius 1 is 1.06 bits per heavy atom. The van der Waals surface area contributed by atoms with Gasteiger partial charge in [-0.3, -0.25) is 0 Å². The average molecular weight is 828 g/mol. The molecule has 2 fully saturated rings. The number of rotatable bonds is 6. The second kappa shape index (κ2) is 20.3. The maximum absolute atomic E-state index is 12.0. The zero-order chi connectivity index (χ0) is 36.8. The molecule has 2 aliphatic rings. The second-order valence-corrected chi connectivity index (χ2v) is 16.0. The van der Waals surface area contributed by atoms with Crippen LogP contribution in [0.2, 0.25) is 5.02 Å². The van der Waals surface area contributed by atoms with Gasteiger partial charge in [0.25, 0.3) is 0 Å². The van der Waals surface area contributed by atoms with Crippen molar-refractivity contribution >= 4 is 69.2 Å². The minimum Gasteiger partial charge on any atom is -0.453 e. The van der Waals surface area contributed by atoms with E-state index >= 15 is 0 Å². The fraction of sp³-hybridized carbons (Fsp3) is 0.556. The van der Waals surface area contributed by atoms with Crippen LogP contribution in [-0.2, 0) is 14.3 Å². The van der Waals surface area contributed by atoms with E-state index in [2.05, 4.69) is 85.8 Å². The van der Waals surface area contributed by atoms with Crippen molar-refractivity contribution in [3.63, 3.8) is 0 Å². The summed E-state index contributed by atoms with van der Waals surface area (Å²) in [7, 11) is 3.09. The van der Waals surface area contributed by atoms with Gasteiger partial charge in [0.15, 0.2) is 5.65 Å². The maximum Gasteiger partial charge on any atom is 0.407 e. The van der Waals surface area contributed by atoms with Gasteiger partial charge >= 0.3 is 11.8 Å². The molecule has 2 N–H and O–H groups in total. The quantitative estimate of drug-likeness (QED) is 0.111. The minimum atomic E-state index is -0.380. The molecule has 1 atom stereocenters. The normalized spacial score (nSPS) is 15.7. The number of nitrogens with one attached hydrogen (secondary N) is 2. The molecule has 1 aromatic carbocycles. The van der Waals surface area contributed by atoms with E-state index in [9.17, 15) is 14.4 Å². The van der Waals surface area contributed by atoms with Gasteiger partial charge in [-0.2, -0.15) is 0 Å². The van der Waals surface area contributed by atoms with Gasteiger partial charge in [0.2, 0.25) is 0 Å². The number of amides is 1. The van der Waals surface area contributed by atoms with Gasteiger partial charge in [-0.1, -0.05) is 56.8 Å². The van der Waals surface area contributed by atoms with Crippen molar-refractivity contribution in [2.45, 2.75) is 91.2 Å². The Balaban J connectivity index is 0.000000361. The number of terminal acetylenes is 1. The Morgan fingerprint density at radius 2 is 1.63 bits per heavy atom. The van der Waals surface area contributed by atoms with Crippen LogP contribution in [0.3, 0.4) is 0 Å². The van der Waals surface area contributed by atoms with Crippen molar-refractivity contribution in [3.8, 4) is 24.1 Å². The van der Waals surface area contributed by atoms with Gasteiger partial charge in [-0.05, 0) is 92.6 Å². The fourth-order valence-electron chi connectivity index (χ4n) is 5.57. The van der Waals surface area contributed by atoms with Gasteiger partial charge in [-0.25, -0.2) is 18.9 Å². The molecule has 1 aliphatic carbocycles. The number of aldehydes is 1. The first-order valence-corrected chi connectivity index (χ1v) is 20.9. The number of methoxy groups -OCH3 is 2. The number of benzene rings is 1. The van der Waals surface area contributed by atoms with Gasteiger partial charge in [0.05, 0.1) is 35.3 Å². The Labute approximate surface area is 311 Å². The van der Waals surface area contributed by atoms with Crippen LogP contribution in [0, 0.1) is 24.2 Å². The Bertz CT molecular complexity index is 1550. The van der Waals surface area contributed by atoms with Crippen LogP contribution in [0.4, 0.5) is 10.5 Å². The zero-order valence-corrected chi connectivity index (χ0v) is 33.7. The molecule has 1 aliphatic heterocycles. The number of carbonyl (C=O) groups is 2. The third kappa shape index (κ3) is 12.9. The van der Waals surface area contributed by atoms with Crippen molar-refractivity contribution < 1.29 is 19.1 Å². The zero-order valence-electron chi connectivity index (χ0n) is 29.8. The van der Waals surface area contributed by atoms with Gasteiger partial charge in [-0.15, -0.1) is 12.8 Å². The first-order valence-electron chi connectivity index (χ1n) is 16.5. The van der Waals surface area contributed by atoms with E-state index in [1.807, 2.05) is 32.9 Å². The first-order chi connectivity index (χ1) is 23.2. The highest BCUT2D eigenvalue weighted by atomic mass is 127. The second-order valence-electron chi connectivity index (χ2n) is 13.6. The molecular formula is C36H52ClIN5O5P. The first kappa shape index (κ1) is 42.5. The number of fused-ring (bicyclic) bond motifs is 1. The fourth-order valence-corrected chi connectivity index (χ4v) is 7.56. The highest BCUT2D eigenvalue weighted by Gasteiger charge is 2.29. The van der Waals surface area contributed by atoms with Gasteiger partial charge in [0, 0.05) is 42.9 Å². The number of imidazole rings is 1. The molecule has 5 rings (SSSR count). The Hall–Kier alpha value is -2.65. The maximum atomic E-state index is 12.0. The molecule has 3 heterocycles. The van der Waals surface area contributed by atoms with E-state index in [1.165, 1.54) is 39.2 Å². The van der Waals surface area contributed by atoms with Crippen molar-refractivity contribution in [2.75, 3.05) is 32.2 Å². The van der Waals surface area contributed by atoms with Crippen molar-refractivity contribution in [1.82, 2.24) is 19.6 Å². The van der Waals surface area contributed by atoms with Gasteiger partial charge < -0.3 is 29.5 Å². The SMILES string of the molecule is C#C.CC(C)(C=O)C1CCCCC1.COC(=O)NC1CCN(c2ccc(-c3nc4c(cc3Cl)[nH]c(=O)n4PI)cc2)CC1.COC(C)(C)C. The summed E-state index contributed by atoms with van der Waals surface area (Å²) in [6.07, 6.45) is 17.2. The van der Waals surface area contributed by atoms with Crippen LogP contribution < -0.4 is 15.9 Å². The number of piperidine rings is 1. The van der Waals surface area contributed by atoms with Crippen LogP contribution in [0.5, 0.6) is 0 Å². The number of carbonyl (C=O) groups excluding carboxylic acids is 2. The summed E-state index contributed by atoms with van der Waals surface area (Å²) in [5, 5.41) is 3.36. The van der Waals surface area contributed by atoms with E-state index < -0.39 is 0 Å². The molecule has 1 saturated carbocycles. The van der Waals surface area contributed by atoms with Crippen molar-refractivity contribution in [2.24, 2.45) is 11.3 Å². The van der Waals surface area contributed by atoms with Crippen molar-refractivity contribution in [3.05, 3.63) is 45.8 Å². The highest BCUT2D eigenvalue weighted by molar-refractivity contribution is 14.2. The topological polar surface area (TPSA) is 119 Å². The number of aromatic amines is 1. The number of aromatic nitrogens is 3. The number of nitrogens with zero attached hydrogens (tertiary/aromatic N) is 3. The number of anilines is 1. The van der Waals surface area contributed by atoms with E-state index in [0.29, 0.717) is 27.8 Å². The standard InChI is InChI=1S/C19H20ClIN5O3P.C10H18O.C5H12O.C2H2/c1-29-19(28)22-12-6-8-25(9-7-12)13-4-2-11(3-5-13)16-14(20)10-15-17(24-16)26(30-21)18(27)23-15;1-10(2,8-11)9-6-4-3-5-7-9;1-5(2,3)6-4;1-2/h2-5,10,12,30H,6-9H2,1H3,(H,22,28)(H,23,27);8-9H,3-7H2,1-2H3;1-4H3;1-2H. The van der Waals surface area contributed by atoms with Gasteiger partial charge in [0.1, 0.15) is 6.29 Å². The third-order valence-corrected chi connectivity index (χ3v) is 11.1. The number of alkyl carbamates (subject to hydrolysis) is 1. The monoisotopic (exact) mass is 827 g/mol. The Kier molecular flexibility index (Phi) is 17.6. The number of ether oxygens (including phenoxy) is 2. The van der Waals surface area contributed by atoms with E-state index in [0.717, 1.165) is 43.5 Å². The molecule has 0 bridgehead atoms. The summed E-state index contributed by atoms with van der Waals surface area (Å²) in [5.41, 5.74) is 3.69. The molecule has 1 unspecified atom stereocenters. The van der Waals surface area contributed by atoms with Crippen molar-refractivity contribution in [1.29, 1.82) is 0 Å². The largest absolute Gasteiger partial charge is 0.453 e. The minimum absolute atomic E-state index is 0.0417. The van der Waals surface area contributed by atoms with Crippen LogP contribution in [-0.4, -0.2) is 65.6 Å². The summed E-state index contributed by atoms with van der Waals surface area (Å²) in [4.78, 5) is 43.9. The number of pyridine rings is 1. The molecule has 2 aromatic heterocycles. The number of hydrogen-bond acceptors (Lipinski definition) is 7. The lowest BCUT2D eigenvalue weighted by Gasteiger charge is -2.33. The number of hydrogen-bond donors (Lipinski definition) is 2. The summed E-state index contributed by atoms with van der Waals surface area (Å²) in [6.45, 7) is 11.9. The lowest BCUT2D eigenvalue weighted by Crippen LogP contribution is -2.44. The molecule has 1 amide bonds. The molecule has 0 radical (unpaired) electrons. The molecular weight excluding hydrogens is 776 g/mol. The molecule has 3 aromatic rings. The molecule has 270 valence electrons. The molecule has 10 nitrogen and oxygen atoms in total. The van der Waals surface area contributed by atoms with Crippen LogP contribution >= 0.6 is 40.0 Å². The highest BCUT2D eigenvalue weighted by Crippen LogP contribution is 2.36. The number of H-pyrrole nitrogens is 1. The summed E-state index contributed by atoms with van der Waals surface area (Å²) in [6, 6.07) is 9.98. The smallest absolute Gasteiger partial charge is 0.407 e. The lowest BCUT2D eigenvalue weighted by molar-refractivity contribution is -0.117. The predicted octanol–water partition coefficient (Wildman–Crippen LogP) is 8.63. The molecule has 13 heteroatoms. The molecule has 0 spiro atoms. The van der Waals surface area contributed by atoms with Crippen LogP contribution in [0.25, 0.3) is 22.4 Å². The van der Waals surface area contributed by atoms with Crippen LogP contribution in [0.1, 0.15) is 79.6 Å². The molecule has 1 saturated heterocycles. The third-order valence-electron chi connectivity index (χ3n) is 8.78. The van der Waals surface area contributed by atoms with E-state index in [-0.39, 0.29) is 35.2 Å². The Morgan fingerprint density at radius 3 is 2.12 bits per heavy atom. The van der Waals surface area contributed by atoms with E-state index in [1.54, 1.807) is 17.5 Å². The van der Waals surface area contributed by atoms with Crippen LogP contribution in [0.15, 0.2) is 35.1 Å². The number of halogens is 2. The summed E-state index contributed by atoms with van der Waals surface area (Å²) in [5.74, 6) is 0.647. The molecule has 49 heavy (non-hydrogen) atoms. The predicted molar refractivity (Wildman–Crippen MR) is 212 cm³/mol. The average Bonchev–Trinajstić information content (AvgIpc) is 3.43. The van der Waals surface area contributed by atoms with E-state index in [4.69, 9.17) is 16.3 Å².